The zero-order valence-corrected chi connectivity index (χ0v) is 17.5. The highest BCUT2D eigenvalue weighted by atomic mass is 32.2. The van der Waals surface area contributed by atoms with Crippen LogP contribution < -0.4 is 14.8 Å². The summed E-state index contributed by atoms with van der Waals surface area (Å²) in [6.45, 7) is 7.42. The summed E-state index contributed by atoms with van der Waals surface area (Å²) in [4.78, 5) is 12.9. The Morgan fingerprint density at radius 1 is 1.28 bits per heavy atom. The third-order valence-corrected chi connectivity index (χ3v) is 6.44. The van der Waals surface area contributed by atoms with Gasteiger partial charge < -0.3 is 19.4 Å². The van der Waals surface area contributed by atoms with Gasteiger partial charge in [0.1, 0.15) is 19.0 Å². The number of nitrogens with zero attached hydrogens (tertiary/aromatic N) is 3. The molecule has 1 aromatic carbocycles. The second kappa shape index (κ2) is 8.49. The van der Waals surface area contributed by atoms with Gasteiger partial charge in [0.05, 0.1) is 11.3 Å². The Balaban J connectivity index is 1.47. The van der Waals surface area contributed by atoms with Gasteiger partial charge in [0, 0.05) is 6.54 Å². The maximum atomic E-state index is 12.9. The number of rotatable bonds is 7. The van der Waals surface area contributed by atoms with Crippen LogP contribution in [0.2, 0.25) is 0 Å². The fourth-order valence-corrected chi connectivity index (χ4v) is 4.84. The number of thioether (sulfide) groups is 1. The van der Waals surface area contributed by atoms with E-state index in [1.165, 1.54) is 11.8 Å². The zero-order chi connectivity index (χ0) is 20.3. The van der Waals surface area contributed by atoms with Gasteiger partial charge in [0.2, 0.25) is 5.91 Å². The maximum absolute atomic E-state index is 12.9. The van der Waals surface area contributed by atoms with Crippen LogP contribution in [-0.4, -0.2) is 39.6 Å². The van der Waals surface area contributed by atoms with E-state index in [-0.39, 0.29) is 11.4 Å². The van der Waals surface area contributed by atoms with Crippen molar-refractivity contribution in [2.24, 2.45) is 0 Å². The van der Waals surface area contributed by atoms with Crippen molar-refractivity contribution >= 4 is 17.7 Å². The van der Waals surface area contributed by atoms with Crippen molar-refractivity contribution in [1.82, 2.24) is 20.1 Å². The van der Waals surface area contributed by atoms with E-state index in [0.29, 0.717) is 25.5 Å². The average molecular weight is 415 g/mol. The van der Waals surface area contributed by atoms with E-state index < -0.39 is 0 Å². The Morgan fingerprint density at radius 2 is 2.03 bits per heavy atom. The van der Waals surface area contributed by atoms with E-state index in [4.69, 9.17) is 9.47 Å². The number of fused-ring (bicyclic) bond motifs is 1. The van der Waals surface area contributed by atoms with Gasteiger partial charge in [-0.25, -0.2) is 0 Å². The highest BCUT2D eigenvalue weighted by Gasteiger charge is 2.37. The number of aryl methyl sites for hydroxylation is 1. The van der Waals surface area contributed by atoms with E-state index in [1.807, 2.05) is 23.6 Å². The predicted octanol–water partition coefficient (Wildman–Crippen LogP) is 3.22. The molecule has 1 saturated carbocycles. The SMILES string of the molecule is C=CCn1c(C)nnc1SCC(=O)NC1(c2ccc3c(c2)OCCO3)CCCC1. The van der Waals surface area contributed by atoms with Crippen LogP contribution in [0.15, 0.2) is 36.0 Å². The fraction of sp³-hybridized carbons (Fsp3) is 0.476. The monoisotopic (exact) mass is 414 g/mol. The molecule has 154 valence electrons. The molecular formula is C21H26N4O3S. The quantitative estimate of drug-likeness (QED) is 0.554. The van der Waals surface area contributed by atoms with E-state index in [0.717, 1.165) is 53.7 Å². The largest absolute Gasteiger partial charge is 0.486 e. The molecule has 1 amide bonds. The Hall–Kier alpha value is -2.48. The van der Waals surface area contributed by atoms with Crippen molar-refractivity contribution in [3.05, 3.63) is 42.2 Å². The van der Waals surface area contributed by atoms with Crippen molar-refractivity contribution in [2.75, 3.05) is 19.0 Å². The van der Waals surface area contributed by atoms with Crippen LogP contribution in [0.4, 0.5) is 0 Å². The summed E-state index contributed by atoms with van der Waals surface area (Å²) in [6.07, 6.45) is 5.84. The summed E-state index contributed by atoms with van der Waals surface area (Å²) in [5.74, 6) is 2.64. The van der Waals surface area contributed by atoms with Gasteiger partial charge in [-0.2, -0.15) is 0 Å². The maximum Gasteiger partial charge on any atom is 0.231 e. The van der Waals surface area contributed by atoms with Crippen molar-refractivity contribution < 1.29 is 14.3 Å². The van der Waals surface area contributed by atoms with Gasteiger partial charge >= 0.3 is 0 Å². The number of benzene rings is 1. The average Bonchev–Trinajstić information content (AvgIpc) is 3.34. The molecule has 0 spiro atoms. The van der Waals surface area contributed by atoms with Crippen LogP contribution in [0, 0.1) is 6.92 Å². The molecule has 1 fully saturated rings. The van der Waals surface area contributed by atoms with Crippen LogP contribution in [0.3, 0.4) is 0 Å². The normalized spacial score (nSPS) is 17.1. The molecule has 0 atom stereocenters. The minimum atomic E-state index is -0.349. The van der Waals surface area contributed by atoms with Crippen molar-refractivity contribution in [1.29, 1.82) is 0 Å². The van der Waals surface area contributed by atoms with E-state index >= 15 is 0 Å². The lowest BCUT2D eigenvalue weighted by Gasteiger charge is -2.32. The standard InChI is InChI=1S/C21H26N4O3S/c1-3-10-25-15(2)23-24-20(25)29-14-19(26)22-21(8-4-5-9-21)16-6-7-17-18(13-16)28-12-11-27-17/h3,6-7,13H,1,4-5,8-12,14H2,2H3,(H,22,26). The number of amides is 1. The molecule has 1 N–H and O–H groups in total. The van der Waals surface area contributed by atoms with E-state index in [1.54, 1.807) is 6.08 Å². The van der Waals surface area contributed by atoms with Gasteiger partial charge in [0.15, 0.2) is 16.7 Å². The van der Waals surface area contributed by atoms with Crippen LogP contribution >= 0.6 is 11.8 Å². The first-order valence-electron chi connectivity index (χ1n) is 9.96. The Bertz CT molecular complexity index is 905. The Labute approximate surface area is 174 Å². The molecule has 0 bridgehead atoms. The second-order valence-electron chi connectivity index (χ2n) is 7.41. The minimum Gasteiger partial charge on any atom is -0.486 e. The molecule has 0 saturated heterocycles. The fourth-order valence-electron chi connectivity index (χ4n) is 4.05. The van der Waals surface area contributed by atoms with Gasteiger partial charge in [-0.3, -0.25) is 4.79 Å². The van der Waals surface area contributed by atoms with E-state index in [9.17, 15) is 4.79 Å². The molecule has 8 heteroatoms. The van der Waals surface area contributed by atoms with Crippen LogP contribution in [-0.2, 0) is 16.9 Å². The molecule has 4 rings (SSSR count). The first kappa shape index (κ1) is 19.8. The number of carbonyl (C=O) groups is 1. The van der Waals surface area contributed by atoms with Crippen LogP contribution in [0.1, 0.15) is 37.1 Å². The highest BCUT2D eigenvalue weighted by molar-refractivity contribution is 7.99. The number of ether oxygens (including phenoxy) is 2. The van der Waals surface area contributed by atoms with Crippen molar-refractivity contribution in [3.63, 3.8) is 0 Å². The molecule has 2 aromatic rings. The first-order valence-corrected chi connectivity index (χ1v) is 10.9. The molecule has 1 aromatic heterocycles. The van der Waals surface area contributed by atoms with Gasteiger partial charge in [-0.15, -0.1) is 16.8 Å². The summed E-state index contributed by atoms with van der Waals surface area (Å²) in [6, 6.07) is 6.03. The predicted molar refractivity (Wildman–Crippen MR) is 111 cm³/mol. The lowest BCUT2D eigenvalue weighted by molar-refractivity contribution is -0.120. The van der Waals surface area contributed by atoms with Crippen molar-refractivity contribution in [2.45, 2.75) is 49.8 Å². The number of allylic oxidation sites excluding steroid dienone is 1. The molecule has 7 nitrogen and oxygen atoms in total. The highest BCUT2D eigenvalue weighted by Crippen LogP contribution is 2.42. The molecule has 2 heterocycles. The summed E-state index contributed by atoms with van der Waals surface area (Å²) in [7, 11) is 0. The minimum absolute atomic E-state index is 0.00223. The molecule has 0 unspecified atom stereocenters. The number of aromatic nitrogens is 3. The summed E-state index contributed by atoms with van der Waals surface area (Å²) in [5, 5.41) is 12.3. The number of nitrogens with one attached hydrogen (secondary N) is 1. The smallest absolute Gasteiger partial charge is 0.231 e. The topological polar surface area (TPSA) is 78.3 Å². The van der Waals surface area contributed by atoms with Crippen LogP contribution in [0.25, 0.3) is 0 Å². The summed E-state index contributed by atoms with van der Waals surface area (Å²) >= 11 is 1.40. The Kier molecular flexibility index (Phi) is 5.80. The molecule has 0 radical (unpaired) electrons. The summed E-state index contributed by atoms with van der Waals surface area (Å²) < 4.78 is 13.3. The number of hydrogen-bond acceptors (Lipinski definition) is 6. The molecule has 29 heavy (non-hydrogen) atoms. The molecule has 1 aliphatic heterocycles. The number of carbonyl (C=O) groups excluding carboxylic acids is 1. The molecule has 2 aliphatic rings. The van der Waals surface area contributed by atoms with Crippen molar-refractivity contribution in [3.8, 4) is 11.5 Å². The third-order valence-electron chi connectivity index (χ3n) is 5.48. The summed E-state index contributed by atoms with van der Waals surface area (Å²) in [5.41, 5.74) is 0.737. The molecular weight excluding hydrogens is 388 g/mol. The Morgan fingerprint density at radius 3 is 2.79 bits per heavy atom. The second-order valence-corrected chi connectivity index (χ2v) is 8.36. The third kappa shape index (κ3) is 4.12. The van der Waals surface area contributed by atoms with Crippen LogP contribution in [0.5, 0.6) is 11.5 Å². The van der Waals surface area contributed by atoms with E-state index in [2.05, 4.69) is 28.2 Å². The lowest BCUT2D eigenvalue weighted by atomic mass is 9.87. The lowest BCUT2D eigenvalue weighted by Crippen LogP contribution is -2.44. The zero-order valence-electron chi connectivity index (χ0n) is 16.6. The molecule has 1 aliphatic carbocycles. The van der Waals surface area contributed by atoms with Gasteiger partial charge in [-0.05, 0) is 37.5 Å². The van der Waals surface area contributed by atoms with Gasteiger partial charge in [0.25, 0.3) is 0 Å². The number of hydrogen-bond donors (Lipinski definition) is 1. The van der Waals surface area contributed by atoms with Gasteiger partial charge in [-0.1, -0.05) is 36.7 Å². The first-order chi connectivity index (χ1) is 14.1.